The first kappa shape index (κ1) is 10.4. The fourth-order valence-electron chi connectivity index (χ4n) is 1.54. The number of aliphatic hydroxyl groups excluding tert-OH is 2. The minimum absolute atomic E-state index is 0.130. The van der Waals surface area contributed by atoms with Crippen LogP contribution in [-0.2, 0) is 9.53 Å². The summed E-state index contributed by atoms with van der Waals surface area (Å²) in [5.74, 6) is -1.20. The van der Waals surface area contributed by atoms with E-state index in [1.54, 1.807) is 6.92 Å². The molecule has 13 heavy (non-hydrogen) atoms. The van der Waals surface area contributed by atoms with E-state index in [1.165, 1.54) is 0 Å². The molecule has 1 rings (SSSR count). The number of carboxylic acids is 1. The van der Waals surface area contributed by atoms with E-state index in [9.17, 15) is 9.90 Å². The van der Waals surface area contributed by atoms with Crippen LogP contribution < -0.4 is 0 Å². The van der Waals surface area contributed by atoms with E-state index in [4.69, 9.17) is 14.9 Å². The van der Waals surface area contributed by atoms with Crippen molar-refractivity contribution in [2.45, 2.75) is 31.7 Å². The minimum atomic E-state index is -0.956. The van der Waals surface area contributed by atoms with Crippen molar-refractivity contribution < 1.29 is 24.9 Å². The maximum atomic E-state index is 10.4. The van der Waals surface area contributed by atoms with Crippen molar-refractivity contribution in [3.63, 3.8) is 0 Å². The first-order chi connectivity index (χ1) is 6.06. The van der Waals surface area contributed by atoms with Gasteiger partial charge in [-0.25, -0.2) is 0 Å². The molecule has 4 atom stereocenters. The SMILES string of the molecule is C[C@H]1[C@@H](O)[C@@H](CO)O[C@@H]1CC(=O)O. The molecule has 0 bridgehead atoms. The largest absolute Gasteiger partial charge is 0.481 e. The molecule has 0 saturated carbocycles. The highest BCUT2D eigenvalue weighted by atomic mass is 16.5. The Morgan fingerprint density at radius 2 is 2.08 bits per heavy atom. The lowest BCUT2D eigenvalue weighted by Gasteiger charge is -2.12. The summed E-state index contributed by atoms with van der Waals surface area (Å²) in [6, 6.07) is 0. The first-order valence-corrected chi connectivity index (χ1v) is 4.22. The number of ether oxygens (including phenoxy) is 1. The lowest BCUT2D eigenvalue weighted by Crippen LogP contribution is -2.28. The highest BCUT2D eigenvalue weighted by Crippen LogP contribution is 2.28. The van der Waals surface area contributed by atoms with Crippen LogP contribution in [0.25, 0.3) is 0 Å². The molecule has 5 heteroatoms. The summed E-state index contributed by atoms with van der Waals surface area (Å²) >= 11 is 0. The molecule has 0 radical (unpaired) electrons. The fourth-order valence-corrected chi connectivity index (χ4v) is 1.54. The average Bonchev–Trinajstić information content (AvgIpc) is 2.32. The molecule has 1 aliphatic heterocycles. The Balaban J connectivity index is 2.55. The van der Waals surface area contributed by atoms with Crippen LogP contribution in [0, 0.1) is 5.92 Å². The molecular weight excluding hydrogens is 176 g/mol. The van der Waals surface area contributed by atoms with Crippen molar-refractivity contribution in [1.29, 1.82) is 0 Å². The van der Waals surface area contributed by atoms with E-state index >= 15 is 0 Å². The van der Waals surface area contributed by atoms with E-state index < -0.39 is 24.3 Å². The van der Waals surface area contributed by atoms with Crippen LogP contribution in [0.2, 0.25) is 0 Å². The Morgan fingerprint density at radius 1 is 1.46 bits per heavy atom. The van der Waals surface area contributed by atoms with E-state index in [0.717, 1.165) is 0 Å². The topological polar surface area (TPSA) is 87.0 Å². The Kier molecular flexibility index (Phi) is 3.24. The number of hydrogen-bond donors (Lipinski definition) is 3. The van der Waals surface area contributed by atoms with Crippen LogP contribution in [0.5, 0.6) is 0 Å². The molecule has 5 nitrogen and oxygen atoms in total. The highest BCUT2D eigenvalue weighted by Gasteiger charge is 2.41. The van der Waals surface area contributed by atoms with Gasteiger partial charge in [0.25, 0.3) is 0 Å². The predicted molar refractivity (Wildman–Crippen MR) is 43.2 cm³/mol. The lowest BCUT2D eigenvalue weighted by atomic mass is 9.97. The van der Waals surface area contributed by atoms with Crippen molar-refractivity contribution in [3.8, 4) is 0 Å². The van der Waals surface area contributed by atoms with Crippen LogP contribution in [0.15, 0.2) is 0 Å². The molecular formula is C8H14O5. The van der Waals surface area contributed by atoms with Gasteiger partial charge in [-0.15, -0.1) is 0 Å². The van der Waals surface area contributed by atoms with Gasteiger partial charge < -0.3 is 20.1 Å². The molecule has 3 N–H and O–H groups in total. The van der Waals surface area contributed by atoms with Gasteiger partial charge in [0, 0.05) is 5.92 Å². The van der Waals surface area contributed by atoms with Crippen LogP contribution in [0.1, 0.15) is 13.3 Å². The minimum Gasteiger partial charge on any atom is -0.481 e. The molecule has 0 spiro atoms. The maximum Gasteiger partial charge on any atom is 0.305 e. The van der Waals surface area contributed by atoms with Crippen molar-refractivity contribution >= 4 is 5.97 Å². The Hall–Kier alpha value is -0.650. The van der Waals surface area contributed by atoms with Crippen LogP contribution in [0.4, 0.5) is 0 Å². The normalized spacial score (nSPS) is 39.3. The van der Waals surface area contributed by atoms with Gasteiger partial charge in [0.1, 0.15) is 6.10 Å². The number of rotatable bonds is 3. The Labute approximate surface area is 75.9 Å². The quantitative estimate of drug-likeness (QED) is 0.543. The summed E-state index contributed by atoms with van der Waals surface area (Å²) < 4.78 is 5.17. The second-order valence-corrected chi connectivity index (χ2v) is 3.34. The zero-order valence-corrected chi connectivity index (χ0v) is 7.38. The third kappa shape index (κ3) is 2.18. The van der Waals surface area contributed by atoms with E-state index in [1.807, 2.05) is 0 Å². The average molecular weight is 190 g/mol. The van der Waals surface area contributed by atoms with Crippen molar-refractivity contribution in [2.24, 2.45) is 5.92 Å². The van der Waals surface area contributed by atoms with E-state index in [-0.39, 0.29) is 18.9 Å². The van der Waals surface area contributed by atoms with Gasteiger partial charge in [0.2, 0.25) is 0 Å². The number of aliphatic hydroxyl groups is 2. The standard InChI is InChI=1S/C8H14O5/c1-4-5(2-7(10)11)13-6(3-9)8(4)12/h4-6,8-9,12H,2-3H2,1H3,(H,10,11)/t4-,5-,6-,8-/m1/s1. The Bertz CT molecular complexity index is 193. The molecule has 0 amide bonds. The van der Waals surface area contributed by atoms with Crippen LogP contribution in [0.3, 0.4) is 0 Å². The summed E-state index contributed by atoms with van der Waals surface area (Å²) in [4.78, 5) is 10.4. The summed E-state index contributed by atoms with van der Waals surface area (Å²) in [5, 5.41) is 26.7. The van der Waals surface area contributed by atoms with Gasteiger partial charge in [-0.1, -0.05) is 6.92 Å². The lowest BCUT2D eigenvalue weighted by molar-refractivity contribution is -0.140. The van der Waals surface area contributed by atoms with E-state index in [2.05, 4.69) is 0 Å². The Morgan fingerprint density at radius 3 is 2.46 bits per heavy atom. The molecule has 0 aromatic heterocycles. The van der Waals surface area contributed by atoms with Crippen molar-refractivity contribution in [2.75, 3.05) is 6.61 Å². The highest BCUT2D eigenvalue weighted by molar-refractivity contribution is 5.67. The summed E-state index contributed by atoms with van der Waals surface area (Å²) in [5.41, 5.74) is 0. The molecule has 0 aromatic carbocycles. The van der Waals surface area contributed by atoms with Gasteiger partial charge in [0.05, 0.1) is 25.2 Å². The number of aliphatic carboxylic acids is 1. The molecule has 1 saturated heterocycles. The molecule has 0 aromatic rings. The second kappa shape index (κ2) is 4.04. The predicted octanol–water partition coefficient (Wildman–Crippen LogP) is -0.782. The van der Waals surface area contributed by atoms with Crippen LogP contribution >= 0.6 is 0 Å². The van der Waals surface area contributed by atoms with Gasteiger partial charge in [-0.2, -0.15) is 0 Å². The number of carboxylic acid groups (broad SMARTS) is 1. The molecule has 0 unspecified atom stereocenters. The molecule has 0 aliphatic carbocycles. The smallest absolute Gasteiger partial charge is 0.305 e. The molecule has 1 heterocycles. The van der Waals surface area contributed by atoms with Crippen molar-refractivity contribution in [1.82, 2.24) is 0 Å². The van der Waals surface area contributed by atoms with Crippen LogP contribution in [-0.4, -0.2) is 46.2 Å². The van der Waals surface area contributed by atoms with Crippen molar-refractivity contribution in [3.05, 3.63) is 0 Å². The third-order valence-electron chi connectivity index (χ3n) is 2.41. The maximum absolute atomic E-state index is 10.4. The fraction of sp³-hybridized carbons (Fsp3) is 0.875. The second-order valence-electron chi connectivity index (χ2n) is 3.34. The van der Waals surface area contributed by atoms with Gasteiger partial charge >= 0.3 is 5.97 Å². The monoisotopic (exact) mass is 190 g/mol. The van der Waals surface area contributed by atoms with Gasteiger partial charge in [-0.05, 0) is 0 Å². The summed E-state index contributed by atoms with van der Waals surface area (Å²) in [6.07, 6.45) is -2.03. The summed E-state index contributed by atoms with van der Waals surface area (Å²) in [7, 11) is 0. The third-order valence-corrected chi connectivity index (χ3v) is 2.41. The van der Waals surface area contributed by atoms with Gasteiger partial charge in [0.15, 0.2) is 0 Å². The number of hydrogen-bond acceptors (Lipinski definition) is 4. The zero-order chi connectivity index (χ0) is 10.0. The van der Waals surface area contributed by atoms with Gasteiger partial charge in [-0.3, -0.25) is 4.79 Å². The first-order valence-electron chi connectivity index (χ1n) is 4.22. The number of carbonyl (C=O) groups is 1. The zero-order valence-electron chi connectivity index (χ0n) is 7.38. The molecule has 1 fully saturated rings. The van der Waals surface area contributed by atoms with E-state index in [0.29, 0.717) is 0 Å². The molecule has 1 aliphatic rings. The summed E-state index contributed by atoms with van der Waals surface area (Å²) in [6.45, 7) is 1.44. The molecule has 76 valence electrons.